The Morgan fingerprint density at radius 2 is 1.79 bits per heavy atom. The van der Waals surface area contributed by atoms with Crippen LogP contribution in [-0.2, 0) is 0 Å². The van der Waals surface area contributed by atoms with E-state index in [9.17, 15) is 9.18 Å². The molecule has 0 aliphatic carbocycles. The molecule has 19 heavy (non-hydrogen) atoms. The van der Waals surface area contributed by atoms with Gasteiger partial charge in [-0.1, -0.05) is 37.3 Å². The van der Waals surface area contributed by atoms with Crippen molar-refractivity contribution in [2.75, 3.05) is 13.1 Å². The Morgan fingerprint density at radius 1 is 1.26 bits per heavy atom. The van der Waals surface area contributed by atoms with Gasteiger partial charge in [-0.3, -0.25) is 4.79 Å². The lowest BCUT2D eigenvalue weighted by molar-refractivity contribution is 0.0774. The molecule has 0 bridgehead atoms. The normalized spacial score (nSPS) is 11.5. The molecule has 0 aliphatic rings. The SMILES string of the molecule is CCN(CC)C(=O)c1c([Si](C)(C)C)ccc(F)c1Cl. The summed E-state index contributed by atoms with van der Waals surface area (Å²) < 4.78 is 13.7. The van der Waals surface area contributed by atoms with Crippen molar-refractivity contribution in [1.29, 1.82) is 0 Å². The predicted molar refractivity (Wildman–Crippen MR) is 81.6 cm³/mol. The van der Waals surface area contributed by atoms with Crippen LogP contribution in [0, 0.1) is 5.82 Å². The van der Waals surface area contributed by atoms with E-state index in [1.165, 1.54) is 6.07 Å². The molecule has 0 saturated carbocycles. The first-order valence-electron chi connectivity index (χ1n) is 6.51. The van der Waals surface area contributed by atoms with Crippen LogP contribution in [0.25, 0.3) is 0 Å². The molecule has 0 aliphatic heterocycles. The van der Waals surface area contributed by atoms with Crippen molar-refractivity contribution < 1.29 is 9.18 Å². The van der Waals surface area contributed by atoms with Crippen LogP contribution in [0.3, 0.4) is 0 Å². The topological polar surface area (TPSA) is 20.3 Å². The summed E-state index contributed by atoms with van der Waals surface area (Å²) in [7, 11) is -1.76. The Hall–Kier alpha value is -0.873. The van der Waals surface area contributed by atoms with Gasteiger partial charge in [0, 0.05) is 13.1 Å². The van der Waals surface area contributed by atoms with Crippen LogP contribution in [0.1, 0.15) is 24.2 Å². The maximum atomic E-state index is 13.7. The third kappa shape index (κ3) is 3.36. The highest BCUT2D eigenvalue weighted by Crippen LogP contribution is 2.22. The minimum atomic E-state index is -1.76. The van der Waals surface area contributed by atoms with Crippen LogP contribution in [0.15, 0.2) is 12.1 Å². The molecule has 0 unspecified atom stereocenters. The standard InChI is InChI=1S/C14H21ClFNOSi/c1-6-17(7-2)14(18)12-11(19(3,4)5)9-8-10(16)13(12)15/h8-9H,6-7H2,1-5H3. The second-order valence-corrected chi connectivity index (χ2v) is 10.9. The van der Waals surface area contributed by atoms with Crippen molar-refractivity contribution in [3.63, 3.8) is 0 Å². The minimum absolute atomic E-state index is 0.0446. The van der Waals surface area contributed by atoms with Gasteiger partial charge < -0.3 is 4.90 Å². The van der Waals surface area contributed by atoms with E-state index in [1.807, 2.05) is 13.8 Å². The zero-order valence-electron chi connectivity index (χ0n) is 12.2. The van der Waals surface area contributed by atoms with Crippen LogP contribution in [0.4, 0.5) is 4.39 Å². The molecule has 5 heteroatoms. The molecule has 0 N–H and O–H groups in total. The van der Waals surface area contributed by atoms with Gasteiger partial charge in [0.05, 0.1) is 18.7 Å². The predicted octanol–water partition coefficient (Wildman–Crippen LogP) is 3.51. The lowest BCUT2D eigenvalue weighted by Crippen LogP contribution is -2.44. The average Bonchev–Trinajstić information content (AvgIpc) is 2.32. The van der Waals surface area contributed by atoms with E-state index in [4.69, 9.17) is 11.6 Å². The zero-order valence-corrected chi connectivity index (χ0v) is 13.9. The van der Waals surface area contributed by atoms with Crippen LogP contribution in [0.5, 0.6) is 0 Å². The third-order valence-corrected chi connectivity index (χ3v) is 5.57. The summed E-state index contributed by atoms with van der Waals surface area (Å²) in [6, 6.07) is 3.07. The van der Waals surface area contributed by atoms with Gasteiger partial charge in [0.2, 0.25) is 0 Å². The van der Waals surface area contributed by atoms with E-state index < -0.39 is 13.9 Å². The lowest BCUT2D eigenvalue weighted by atomic mass is 10.2. The van der Waals surface area contributed by atoms with E-state index in [2.05, 4.69) is 19.6 Å². The van der Waals surface area contributed by atoms with Crippen LogP contribution in [-0.4, -0.2) is 32.0 Å². The first-order valence-corrected chi connectivity index (χ1v) is 10.4. The molecule has 0 heterocycles. The monoisotopic (exact) mass is 301 g/mol. The van der Waals surface area contributed by atoms with Crippen LogP contribution < -0.4 is 5.19 Å². The number of halogens is 2. The number of hydrogen-bond acceptors (Lipinski definition) is 1. The van der Waals surface area contributed by atoms with Gasteiger partial charge in [0.15, 0.2) is 0 Å². The minimum Gasteiger partial charge on any atom is -0.339 e. The molecule has 1 aromatic carbocycles. The molecular weight excluding hydrogens is 281 g/mol. The van der Waals surface area contributed by atoms with Gasteiger partial charge in [-0.15, -0.1) is 0 Å². The molecule has 2 nitrogen and oxygen atoms in total. The van der Waals surface area contributed by atoms with Crippen molar-refractivity contribution in [2.24, 2.45) is 0 Å². The molecule has 1 rings (SSSR count). The maximum Gasteiger partial charge on any atom is 0.255 e. The number of rotatable bonds is 4. The van der Waals surface area contributed by atoms with Crippen LogP contribution in [0.2, 0.25) is 24.7 Å². The first-order chi connectivity index (χ1) is 8.73. The van der Waals surface area contributed by atoms with Crippen molar-refractivity contribution in [1.82, 2.24) is 4.90 Å². The molecule has 0 saturated heterocycles. The summed E-state index contributed by atoms with van der Waals surface area (Å²) in [5.74, 6) is -0.703. The molecule has 1 amide bonds. The molecule has 106 valence electrons. The summed E-state index contributed by atoms with van der Waals surface area (Å²) in [5, 5.41) is 0.868. The number of benzene rings is 1. The fraction of sp³-hybridized carbons (Fsp3) is 0.500. The van der Waals surface area contributed by atoms with Crippen molar-refractivity contribution in [3.05, 3.63) is 28.5 Å². The highest BCUT2D eigenvalue weighted by molar-refractivity contribution is 6.89. The van der Waals surface area contributed by atoms with Gasteiger partial charge in [0.1, 0.15) is 5.82 Å². The number of hydrogen-bond donors (Lipinski definition) is 0. The molecule has 0 radical (unpaired) electrons. The fourth-order valence-corrected chi connectivity index (χ4v) is 3.94. The van der Waals surface area contributed by atoms with E-state index >= 15 is 0 Å². The second-order valence-electron chi connectivity index (χ2n) is 5.51. The van der Waals surface area contributed by atoms with Gasteiger partial charge in [0.25, 0.3) is 5.91 Å². The number of amides is 1. The molecule has 0 aromatic heterocycles. The summed E-state index contributed by atoms with van der Waals surface area (Å²) in [6.45, 7) is 11.4. The van der Waals surface area contributed by atoms with Crippen molar-refractivity contribution in [3.8, 4) is 0 Å². The largest absolute Gasteiger partial charge is 0.339 e. The Bertz CT molecular complexity index is 481. The quantitative estimate of drug-likeness (QED) is 0.779. The van der Waals surface area contributed by atoms with Crippen molar-refractivity contribution >= 4 is 30.8 Å². The van der Waals surface area contributed by atoms with Gasteiger partial charge in [-0.2, -0.15) is 0 Å². The Labute approximate surface area is 120 Å². The summed E-state index contributed by atoms with van der Waals surface area (Å²) in [5.41, 5.74) is 0.351. The maximum absolute atomic E-state index is 13.7. The van der Waals surface area contributed by atoms with Gasteiger partial charge in [-0.25, -0.2) is 4.39 Å². The number of nitrogens with zero attached hydrogens (tertiary/aromatic N) is 1. The molecule has 0 spiro atoms. The average molecular weight is 302 g/mol. The lowest BCUT2D eigenvalue weighted by Gasteiger charge is -2.26. The van der Waals surface area contributed by atoms with E-state index in [0.717, 1.165) is 5.19 Å². The second kappa shape index (κ2) is 6.05. The highest BCUT2D eigenvalue weighted by Gasteiger charge is 2.28. The highest BCUT2D eigenvalue weighted by atomic mass is 35.5. The molecule has 1 aromatic rings. The van der Waals surface area contributed by atoms with Crippen molar-refractivity contribution in [2.45, 2.75) is 33.5 Å². The number of carbonyl (C=O) groups excluding carboxylic acids is 1. The van der Waals surface area contributed by atoms with E-state index in [1.54, 1.807) is 11.0 Å². The third-order valence-electron chi connectivity index (χ3n) is 3.17. The molecular formula is C14H21ClFNOSi. The smallest absolute Gasteiger partial charge is 0.255 e. The first kappa shape index (κ1) is 16.2. The Balaban J connectivity index is 3.47. The Kier molecular flexibility index (Phi) is 5.16. The zero-order chi connectivity index (χ0) is 14.8. The van der Waals surface area contributed by atoms with E-state index in [0.29, 0.717) is 18.7 Å². The molecule has 0 fully saturated rings. The van der Waals surface area contributed by atoms with Gasteiger partial charge >= 0.3 is 0 Å². The van der Waals surface area contributed by atoms with Gasteiger partial charge in [-0.05, 0) is 25.1 Å². The fourth-order valence-electron chi connectivity index (χ4n) is 2.05. The molecule has 0 atom stereocenters. The summed E-state index contributed by atoms with van der Waals surface area (Å²) in [6.07, 6.45) is 0. The summed E-state index contributed by atoms with van der Waals surface area (Å²) in [4.78, 5) is 14.2. The van der Waals surface area contributed by atoms with E-state index in [-0.39, 0.29) is 10.9 Å². The number of carbonyl (C=O) groups is 1. The Morgan fingerprint density at radius 3 is 2.21 bits per heavy atom. The summed E-state index contributed by atoms with van der Waals surface area (Å²) >= 11 is 6.06. The van der Waals surface area contributed by atoms with Crippen LogP contribution >= 0.6 is 11.6 Å².